The lowest BCUT2D eigenvalue weighted by Gasteiger charge is -2.13. The van der Waals surface area contributed by atoms with E-state index >= 15 is 0 Å². The molecule has 1 N–H and O–H groups in total. The van der Waals surface area contributed by atoms with Gasteiger partial charge in [-0.25, -0.2) is 9.78 Å². The van der Waals surface area contributed by atoms with Gasteiger partial charge in [-0.05, 0) is 66.9 Å². The zero-order valence-corrected chi connectivity index (χ0v) is 18.9. The lowest BCUT2D eigenvalue weighted by Crippen LogP contribution is -2.17. The Labute approximate surface area is 203 Å². The fraction of sp³-hybridized carbons (Fsp3) is 0.115. The van der Waals surface area contributed by atoms with Crippen LogP contribution in [0.15, 0.2) is 85.3 Å². The second-order valence-corrected chi connectivity index (χ2v) is 7.95. The Morgan fingerprint density at radius 3 is 2.53 bits per heavy atom. The van der Waals surface area contributed by atoms with Crippen molar-refractivity contribution in [3.63, 3.8) is 0 Å². The molecule has 2 heterocycles. The average Bonchev–Trinajstić information content (AvgIpc) is 3.28. The number of carbonyl (C=O) groups is 1. The number of rotatable bonds is 5. The number of anilines is 1. The second-order valence-electron chi connectivity index (χ2n) is 7.95. The van der Waals surface area contributed by atoms with Crippen LogP contribution in [0.25, 0.3) is 27.5 Å². The number of hydrogen-bond acceptors (Lipinski definition) is 5. The highest BCUT2D eigenvalue weighted by atomic mass is 19.4. The number of carbonyl (C=O) groups excluding carboxylic acids is 1. The van der Waals surface area contributed by atoms with Crippen molar-refractivity contribution in [3.8, 4) is 11.4 Å². The second kappa shape index (κ2) is 9.21. The van der Waals surface area contributed by atoms with E-state index in [9.17, 15) is 18.0 Å². The molecule has 1 unspecified atom stereocenters. The average molecular weight is 492 g/mol. The summed E-state index contributed by atoms with van der Waals surface area (Å²) in [5, 5.41) is 4.42. The number of amides is 1. The van der Waals surface area contributed by atoms with Gasteiger partial charge in [-0.2, -0.15) is 0 Å². The van der Waals surface area contributed by atoms with Crippen LogP contribution in [-0.4, -0.2) is 27.0 Å². The van der Waals surface area contributed by atoms with Gasteiger partial charge in [0.15, 0.2) is 0 Å². The summed E-state index contributed by atoms with van der Waals surface area (Å²) >= 11 is 0. The molecular formula is C26H19F3N4O3. The summed E-state index contributed by atoms with van der Waals surface area (Å²) < 4.78 is 48.4. The fourth-order valence-corrected chi connectivity index (χ4v) is 3.89. The van der Waals surface area contributed by atoms with Crippen LogP contribution in [0.1, 0.15) is 18.7 Å². The van der Waals surface area contributed by atoms with Gasteiger partial charge in [0.05, 0.1) is 16.7 Å². The number of aromatic nitrogens is 3. The van der Waals surface area contributed by atoms with Gasteiger partial charge in [-0.3, -0.25) is 14.9 Å². The topological polar surface area (TPSA) is 78.3 Å². The molecule has 1 amide bonds. The molecule has 0 fully saturated rings. The quantitative estimate of drug-likeness (QED) is 0.293. The smallest absolute Gasteiger partial charge is 0.440 e. The standard InChI is InChI=1S/C26H19F3N4O3/c1-16(22-4-2-3-13-30-22)35-25(34)32-18-6-11-21-17(14-18)5-12-23-24(21)31-15-33(23)19-7-9-20(10-8-19)36-26(27,28)29/h2-16H,1H3,(H,32,34). The van der Waals surface area contributed by atoms with Crippen LogP contribution < -0.4 is 10.1 Å². The van der Waals surface area contributed by atoms with Crippen LogP contribution in [0.3, 0.4) is 0 Å². The van der Waals surface area contributed by atoms with E-state index in [4.69, 9.17) is 4.74 Å². The maximum absolute atomic E-state index is 12.4. The van der Waals surface area contributed by atoms with Gasteiger partial charge < -0.3 is 9.47 Å². The lowest BCUT2D eigenvalue weighted by atomic mass is 10.1. The summed E-state index contributed by atoms with van der Waals surface area (Å²) in [6.45, 7) is 1.74. The number of halogens is 3. The minimum absolute atomic E-state index is 0.297. The molecule has 1 atom stereocenters. The molecule has 0 saturated carbocycles. The van der Waals surface area contributed by atoms with Crippen LogP contribution in [-0.2, 0) is 4.74 Å². The van der Waals surface area contributed by atoms with Crippen molar-refractivity contribution in [2.45, 2.75) is 19.4 Å². The molecule has 7 nitrogen and oxygen atoms in total. The van der Waals surface area contributed by atoms with Gasteiger partial charge in [-0.1, -0.05) is 18.2 Å². The molecule has 10 heteroatoms. The molecule has 0 radical (unpaired) electrons. The first kappa shape index (κ1) is 23.2. The van der Waals surface area contributed by atoms with Crippen molar-refractivity contribution in [2.75, 3.05) is 5.32 Å². The van der Waals surface area contributed by atoms with Gasteiger partial charge in [0.25, 0.3) is 0 Å². The molecule has 0 bridgehead atoms. The van der Waals surface area contributed by atoms with Gasteiger partial charge in [0.2, 0.25) is 0 Å². The zero-order chi connectivity index (χ0) is 25.3. The molecule has 2 aromatic heterocycles. The van der Waals surface area contributed by atoms with Crippen molar-refractivity contribution in [2.24, 2.45) is 0 Å². The lowest BCUT2D eigenvalue weighted by molar-refractivity contribution is -0.274. The number of nitrogens with one attached hydrogen (secondary N) is 1. The molecule has 36 heavy (non-hydrogen) atoms. The zero-order valence-electron chi connectivity index (χ0n) is 18.9. The summed E-state index contributed by atoms with van der Waals surface area (Å²) in [5.41, 5.74) is 3.32. The minimum Gasteiger partial charge on any atom is -0.440 e. The molecule has 182 valence electrons. The summed E-state index contributed by atoms with van der Waals surface area (Å²) in [4.78, 5) is 21.0. The Hall–Kier alpha value is -4.60. The van der Waals surface area contributed by atoms with Gasteiger partial charge in [-0.15, -0.1) is 13.2 Å². The normalized spacial score (nSPS) is 12.4. The third-order valence-corrected chi connectivity index (χ3v) is 5.51. The van der Waals surface area contributed by atoms with Crippen molar-refractivity contribution in [3.05, 3.63) is 91.0 Å². The molecule has 3 aromatic carbocycles. The maximum Gasteiger partial charge on any atom is 0.573 e. The Kier molecular flexibility index (Phi) is 5.93. The number of hydrogen-bond donors (Lipinski definition) is 1. The molecule has 0 aliphatic rings. The van der Waals surface area contributed by atoms with Crippen LogP contribution in [0.2, 0.25) is 0 Å². The fourth-order valence-electron chi connectivity index (χ4n) is 3.89. The van der Waals surface area contributed by atoms with Crippen molar-refractivity contribution >= 4 is 33.6 Å². The first-order valence-electron chi connectivity index (χ1n) is 10.9. The highest BCUT2D eigenvalue weighted by Gasteiger charge is 2.31. The minimum atomic E-state index is -4.75. The van der Waals surface area contributed by atoms with E-state index in [2.05, 4.69) is 20.0 Å². The van der Waals surface area contributed by atoms with Crippen molar-refractivity contribution in [1.82, 2.24) is 14.5 Å². The Bertz CT molecular complexity index is 1530. The van der Waals surface area contributed by atoms with Crippen molar-refractivity contribution < 1.29 is 27.4 Å². The predicted octanol–water partition coefficient (Wildman–Crippen LogP) is 6.78. The number of nitrogens with zero attached hydrogens (tertiary/aromatic N) is 3. The van der Waals surface area contributed by atoms with E-state index in [0.717, 1.165) is 16.3 Å². The maximum atomic E-state index is 12.4. The number of alkyl halides is 3. The molecular weight excluding hydrogens is 473 g/mol. The Balaban J connectivity index is 1.35. The third kappa shape index (κ3) is 4.92. The van der Waals surface area contributed by atoms with Crippen LogP contribution in [0.4, 0.5) is 23.7 Å². The number of pyridine rings is 1. The monoisotopic (exact) mass is 492 g/mol. The largest absolute Gasteiger partial charge is 0.573 e. The van der Waals surface area contributed by atoms with Gasteiger partial charge in [0, 0.05) is 23.0 Å². The SMILES string of the molecule is CC(OC(=O)Nc1ccc2c(ccc3c2ncn3-c2ccc(OC(F)(F)F)cc2)c1)c1ccccn1. The first-order chi connectivity index (χ1) is 17.3. The number of imidazole rings is 1. The highest BCUT2D eigenvalue weighted by molar-refractivity contribution is 6.06. The third-order valence-electron chi connectivity index (χ3n) is 5.51. The van der Waals surface area contributed by atoms with E-state index in [0.29, 0.717) is 22.6 Å². The highest BCUT2D eigenvalue weighted by Crippen LogP contribution is 2.30. The van der Waals surface area contributed by atoms with Gasteiger partial charge in [0.1, 0.15) is 18.2 Å². The molecule has 5 rings (SSSR count). The molecule has 0 aliphatic heterocycles. The van der Waals surface area contributed by atoms with E-state index in [1.807, 2.05) is 30.3 Å². The molecule has 0 saturated heterocycles. The number of benzene rings is 3. The molecule has 0 aliphatic carbocycles. The van der Waals surface area contributed by atoms with Crippen LogP contribution >= 0.6 is 0 Å². The van der Waals surface area contributed by atoms with E-state index in [-0.39, 0.29) is 5.75 Å². The molecule has 0 spiro atoms. The Morgan fingerprint density at radius 1 is 1.00 bits per heavy atom. The predicted molar refractivity (Wildman–Crippen MR) is 128 cm³/mol. The summed E-state index contributed by atoms with van der Waals surface area (Å²) in [5.74, 6) is -0.297. The van der Waals surface area contributed by atoms with Gasteiger partial charge >= 0.3 is 12.5 Å². The summed E-state index contributed by atoms with van der Waals surface area (Å²) in [6.07, 6.45) is -2.62. The van der Waals surface area contributed by atoms with Crippen molar-refractivity contribution in [1.29, 1.82) is 0 Å². The van der Waals surface area contributed by atoms with E-state index in [1.165, 1.54) is 24.3 Å². The molecule has 5 aromatic rings. The summed E-state index contributed by atoms with van der Waals surface area (Å²) in [7, 11) is 0. The number of ether oxygens (including phenoxy) is 2. The Morgan fingerprint density at radius 2 is 1.81 bits per heavy atom. The summed E-state index contributed by atoms with van der Waals surface area (Å²) in [6, 6.07) is 20.1. The number of fused-ring (bicyclic) bond motifs is 3. The van der Waals surface area contributed by atoms with E-state index in [1.54, 1.807) is 42.2 Å². The first-order valence-corrected chi connectivity index (χ1v) is 10.9. The van der Waals surface area contributed by atoms with E-state index < -0.39 is 18.6 Å². The van der Waals surface area contributed by atoms with Crippen LogP contribution in [0.5, 0.6) is 5.75 Å². The van der Waals surface area contributed by atoms with Crippen LogP contribution in [0, 0.1) is 0 Å².